The number of ether oxygens (including phenoxy) is 2. The standard InChI is InChI=1S/C23H23N3O6/c27-21-12-18(22(28)26(21)17-4-2-16(3-5-17)23(29)30)25-9-7-24(8-10-25)13-15-1-6-19-20(11-15)32-14-31-19/h1-6,11,18H,7-10,12-14H2,(H,29,30)/p+1/t18-/m1/s1. The molecule has 9 heteroatoms. The number of aromatic carboxylic acids is 1. The van der Waals surface area contributed by atoms with Crippen LogP contribution in [0.4, 0.5) is 5.69 Å². The van der Waals surface area contributed by atoms with Crippen molar-refractivity contribution in [3.8, 4) is 11.5 Å². The van der Waals surface area contributed by atoms with Gasteiger partial charge in [0.25, 0.3) is 5.91 Å². The van der Waals surface area contributed by atoms with Crippen LogP contribution in [-0.4, -0.2) is 56.8 Å². The molecule has 0 spiro atoms. The van der Waals surface area contributed by atoms with E-state index in [1.165, 1.54) is 39.6 Å². The zero-order chi connectivity index (χ0) is 22.2. The van der Waals surface area contributed by atoms with Gasteiger partial charge in [-0.2, -0.15) is 0 Å². The highest BCUT2D eigenvalue weighted by Crippen LogP contribution is 2.32. The molecule has 3 heterocycles. The third kappa shape index (κ3) is 3.80. The number of benzene rings is 2. The predicted molar refractivity (Wildman–Crippen MR) is 109 cm³/mol. The highest BCUT2D eigenvalue weighted by Gasteiger charge is 2.46. The summed E-state index contributed by atoms with van der Waals surface area (Å²) in [5.41, 5.74) is 1.60. The second-order valence-electron chi connectivity index (χ2n) is 8.43. The molecule has 9 nitrogen and oxygen atoms in total. The summed E-state index contributed by atoms with van der Waals surface area (Å²) in [5, 5.41) is 10.9. The van der Waals surface area contributed by atoms with E-state index in [0.29, 0.717) is 5.69 Å². The summed E-state index contributed by atoms with van der Waals surface area (Å²) in [6, 6.07) is 11.3. The number of hydrogen-bond donors (Lipinski definition) is 2. The van der Waals surface area contributed by atoms with Crippen LogP contribution in [0.3, 0.4) is 0 Å². The number of carbonyl (C=O) groups is 3. The Morgan fingerprint density at radius 2 is 1.72 bits per heavy atom. The molecule has 2 aromatic carbocycles. The van der Waals surface area contributed by atoms with Crippen molar-refractivity contribution >= 4 is 23.5 Å². The minimum atomic E-state index is -1.29. The summed E-state index contributed by atoms with van der Waals surface area (Å²) >= 11 is 0. The molecule has 1 atom stereocenters. The van der Waals surface area contributed by atoms with E-state index in [2.05, 4.69) is 6.07 Å². The lowest BCUT2D eigenvalue weighted by Gasteiger charge is -2.32. The summed E-state index contributed by atoms with van der Waals surface area (Å²) < 4.78 is 10.8. The predicted octanol–water partition coefficient (Wildman–Crippen LogP) is -2.61. The normalized spacial score (nSPS) is 24.8. The number of anilines is 1. The first-order chi connectivity index (χ1) is 15.5. The smallest absolute Gasteiger partial charge is 0.292 e. The van der Waals surface area contributed by atoms with Gasteiger partial charge in [-0.15, -0.1) is 0 Å². The number of quaternary nitrogens is 2. The number of carbonyl (C=O) groups excluding carboxylic acids is 3. The van der Waals surface area contributed by atoms with Crippen LogP contribution in [0.25, 0.3) is 0 Å². The maximum atomic E-state index is 13.0. The Hall–Kier alpha value is -3.43. The quantitative estimate of drug-likeness (QED) is 0.496. The van der Waals surface area contributed by atoms with Crippen LogP contribution < -0.4 is 29.3 Å². The molecule has 5 rings (SSSR count). The molecule has 0 aromatic heterocycles. The highest BCUT2D eigenvalue weighted by molar-refractivity contribution is 6.21. The number of hydrogen-bond acceptors (Lipinski definition) is 6. The summed E-state index contributed by atoms with van der Waals surface area (Å²) in [6.07, 6.45) is 0.175. The average Bonchev–Trinajstić information content (AvgIpc) is 3.38. The zero-order valence-electron chi connectivity index (χ0n) is 17.5. The number of carboxylic acid groups (broad SMARTS) is 1. The molecule has 0 radical (unpaired) electrons. The van der Waals surface area contributed by atoms with Gasteiger partial charge in [0.2, 0.25) is 12.7 Å². The van der Waals surface area contributed by atoms with E-state index in [9.17, 15) is 19.5 Å². The number of rotatable bonds is 5. The van der Waals surface area contributed by atoms with Crippen molar-refractivity contribution in [3.63, 3.8) is 0 Å². The van der Waals surface area contributed by atoms with E-state index >= 15 is 0 Å². The van der Waals surface area contributed by atoms with Gasteiger partial charge >= 0.3 is 0 Å². The minimum absolute atomic E-state index is 0.0107. The van der Waals surface area contributed by atoms with E-state index in [-0.39, 0.29) is 30.6 Å². The molecule has 0 aliphatic carbocycles. The van der Waals surface area contributed by atoms with Gasteiger partial charge in [-0.25, -0.2) is 4.90 Å². The number of nitrogens with zero attached hydrogens (tertiary/aromatic N) is 1. The maximum Gasteiger partial charge on any atom is 0.292 e. The first kappa shape index (κ1) is 20.5. The second kappa shape index (κ2) is 8.25. The molecule has 0 saturated carbocycles. The summed E-state index contributed by atoms with van der Waals surface area (Å²) in [5.74, 6) is -0.191. The van der Waals surface area contributed by atoms with Gasteiger partial charge in [0.15, 0.2) is 17.5 Å². The molecule has 3 aliphatic rings. The number of amides is 2. The van der Waals surface area contributed by atoms with Crippen LogP contribution in [0.2, 0.25) is 0 Å². The van der Waals surface area contributed by atoms with Crippen LogP contribution >= 0.6 is 0 Å². The largest absolute Gasteiger partial charge is 0.545 e. The molecule has 0 bridgehead atoms. The van der Waals surface area contributed by atoms with Gasteiger partial charge in [0.05, 0.1) is 18.1 Å². The Labute approximate surface area is 184 Å². The van der Waals surface area contributed by atoms with E-state index < -0.39 is 12.0 Å². The number of fused-ring (bicyclic) bond motifs is 1. The van der Waals surface area contributed by atoms with Crippen molar-refractivity contribution < 1.29 is 38.8 Å². The first-order valence-corrected chi connectivity index (χ1v) is 10.7. The first-order valence-electron chi connectivity index (χ1n) is 10.7. The Bertz CT molecular complexity index is 1060. The van der Waals surface area contributed by atoms with E-state index in [1.807, 2.05) is 12.1 Å². The monoisotopic (exact) mass is 438 g/mol. The third-order valence-corrected chi connectivity index (χ3v) is 6.49. The molecule has 32 heavy (non-hydrogen) atoms. The molecule has 2 saturated heterocycles. The number of imide groups is 1. The van der Waals surface area contributed by atoms with Gasteiger partial charge < -0.3 is 29.2 Å². The van der Waals surface area contributed by atoms with E-state index in [0.717, 1.165) is 49.1 Å². The van der Waals surface area contributed by atoms with Gasteiger partial charge in [-0.1, -0.05) is 12.1 Å². The topological polar surface area (TPSA) is 105 Å². The number of nitrogens with one attached hydrogen (secondary N) is 2. The maximum absolute atomic E-state index is 13.0. The Kier molecular flexibility index (Phi) is 5.28. The Morgan fingerprint density at radius 1 is 1.00 bits per heavy atom. The molecular weight excluding hydrogens is 414 g/mol. The molecule has 2 N–H and O–H groups in total. The fourth-order valence-corrected chi connectivity index (χ4v) is 4.76. The molecule has 2 fully saturated rings. The van der Waals surface area contributed by atoms with Crippen LogP contribution in [0.5, 0.6) is 11.5 Å². The van der Waals surface area contributed by atoms with Crippen LogP contribution in [0.1, 0.15) is 22.3 Å². The average molecular weight is 438 g/mol. The SMILES string of the molecule is O=C([O-])c1ccc(N2C(=O)C[C@@H]([NH+]3CC[NH+](Cc4ccc5c(c4)OCO5)CC3)C2=O)cc1. The minimum Gasteiger partial charge on any atom is -0.545 e. The fraction of sp³-hybridized carbons (Fsp3) is 0.348. The van der Waals surface area contributed by atoms with E-state index in [1.54, 1.807) is 0 Å². The van der Waals surface area contributed by atoms with Crippen LogP contribution in [0.15, 0.2) is 42.5 Å². The van der Waals surface area contributed by atoms with Crippen molar-refractivity contribution in [1.29, 1.82) is 0 Å². The lowest BCUT2D eigenvalue weighted by Crippen LogP contribution is -3.29. The van der Waals surface area contributed by atoms with Gasteiger partial charge in [0, 0.05) is 5.56 Å². The molecule has 166 valence electrons. The van der Waals surface area contributed by atoms with Crippen molar-refractivity contribution in [2.24, 2.45) is 0 Å². The van der Waals surface area contributed by atoms with Gasteiger partial charge in [-0.3, -0.25) is 9.59 Å². The molecule has 2 aromatic rings. The fourth-order valence-electron chi connectivity index (χ4n) is 4.76. The summed E-state index contributed by atoms with van der Waals surface area (Å²) in [6.45, 7) is 4.56. The number of piperazine rings is 1. The van der Waals surface area contributed by atoms with Crippen molar-refractivity contribution in [2.45, 2.75) is 19.0 Å². The highest BCUT2D eigenvalue weighted by atomic mass is 16.7. The Balaban J connectivity index is 1.20. The number of carboxylic acids is 1. The van der Waals surface area contributed by atoms with Gasteiger partial charge in [0.1, 0.15) is 32.7 Å². The van der Waals surface area contributed by atoms with Crippen molar-refractivity contribution in [2.75, 3.05) is 37.9 Å². The van der Waals surface area contributed by atoms with Gasteiger partial charge in [-0.05, 0) is 35.9 Å². The summed E-state index contributed by atoms with van der Waals surface area (Å²) in [4.78, 5) is 40.3. The summed E-state index contributed by atoms with van der Waals surface area (Å²) in [7, 11) is 0. The molecule has 0 unspecified atom stereocenters. The zero-order valence-corrected chi connectivity index (χ0v) is 17.5. The molecule has 2 amide bonds. The molecular formula is C23H24N3O6+. The van der Waals surface area contributed by atoms with Crippen molar-refractivity contribution in [1.82, 2.24) is 0 Å². The third-order valence-electron chi connectivity index (χ3n) is 6.49. The van der Waals surface area contributed by atoms with E-state index in [4.69, 9.17) is 9.47 Å². The van der Waals surface area contributed by atoms with Crippen LogP contribution in [-0.2, 0) is 16.1 Å². The lowest BCUT2D eigenvalue weighted by molar-refractivity contribution is -1.02. The second-order valence-corrected chi connectivity index (χ2v) is 8.43. The molecule has 3 aliphatic heterocycles. The van der Waals surface area contributed by atoms with Crippen molar-refractivity contribution in [3.05, 3.63) is 53.6 Å². The van der Waals surface area contributed by atoms with Crippen LogP contribution in [0, 0.1) is 0 Å². The lowest BCUT2D eigenvalue weighted by atomic mass is 10.1. The Morgan fingerprint density at radius 3 is 2.44 bits per heavy atom.